The minimum Gasteiger partial charge on any atom is -0.316 e. The first-order valence-corrected chi connectivity index (χ1v) is 7.33. The average molecular weight is 342 g/mol. The molecule has 1 aromatic carbocycles. The van der Waals surface area contributed by atoms with E-state index in [-0.39, 0.29) is 15.7 Å². The van der Waals surface area contributed by atoms with E-state index in [0.717, 1.165) is 4.88 Å². The molecule has 0 aliphatic heterocycles. The SMILES string of the molecule is O=C(NN=Cc1cccs1)C(=O)Nc1cccc(Cl)c1Cl. The van der Waals surface area contributed by atoms with E-state index in [1.54, 1.807) is 12.1 Å². The summed E-state index contributed by atoms with van der Waals surface area (Å²) in [5.41, 5.74) is 2.38. The Morgan fingerprint density at radius 3 is 2.67 bits per heavy atom. The Bertz CT molecular complexity index is 687. The van der Waals surface area contributed by atoms with Gasteiger partial charge in [-0.2, -0.15) is 5.10 Å². The van der Waals surface area contributed by atoms with Crippen LogP contribution in [-0.2, 0) is 9.59 Å². The molecule has 5 nitrogen and oxygen atoms in total. The van der Waals surface area contributed by atoms with E-state index in [0.29, 0.717) is 0 Å². The van der Waals surface area contributed by atoms with E-state index >= 15 is 0 Å². The van der Waals surface area contributed by atoms with Crippen LogP contribution in [0, 0.1) is 0 Å². The maximum absolute atomic E-state index is 11.7. The van der Waals surface area contributed by atoms with Gasteiger partial charge in [-0.15, -0.1) is 11.3 Å². The predicted octanol–water partition coefficient (Wildman–Crippen LogP) is 3.14. The molecule has 8 heteroatoms. The third kappa shape index (κ3) is 4.29. The highest BCUT2D eigenvalue weighted by atomic mass is 35.5. The van der Waals surface area contributed by atoms with Crippen LogP contribution in [0.2, 0.25) is 10.0 Å². The molecule has 0 fully saturated rings. The zero-order valence-electron chi connectivity index (χ0n) is 10.5. The van der Waals surface area contributed by atoms with Crippen LogP contribution in [-0.4, -0.2) is 18.0 Å². The minimum absolute atomic E-state index is 0.169. The number of rotatable bonds is 3. The molecule has 1 heterocycles. The molecule has 0 aliphatic carbocycles. The van der Waals surface area contributed by atoms with E-state index < -0.39 is 11.8 Å². The molecule has 0 atom stereocenters. The zero-order chi connectivity index (χ0) is 15.2. The van der Waals surface area contributed by atoms with Crippen LogP contribution >= 0.6 is 34.5 Å². The summed E-state index contributed by atoms with van der Waals surface area (Å²) >= 11 is 13.2. The number of nitrogens with zero attached hydrogens (tertiary/aromatic N) is 1. The molecule has 0 spiro atoms. The van der Waals surface area contributed by atoms with Crippen molar-refractivity contribution in [3.8, 4) is 0 Å². The van der Waals surface area contributed by atoms with Gasteiger partial charge in [-0.1, -0.05) is 35.3 Å². The average Bonchev–Trinajstić information content (AvgIpc) is 2.97. The Labute approximate surface area is 134 Å². The van der Waals surface area contributed by atoms with Gasteiger partial charge in [0.15, 0.2) is 0 Å². The Hall–Kier alpha value is -1.89. The van der Waals surface area contributed by atoms with Gasteiger partial charge in [-0.05, 0) is 23.6 Å². The highest BCUT2D eigenvalue weighted by molar-refractivity contribution is 7.11. The third-order valence-electron chi connectivity index (χ3n) is 2.31. The molecule has 2 rings (SSSR count). The number of amides is 2. The summed E-state index contributed by atoms with van der Waals surface area (Å²) in [6.07, 6.45) is 1.45. The van der Waals surface area contributed by atoms with Crippen LogP contribution in [0.5, 0.6) is 0 Å². The number of carbonyl (C=O) groups excluding carboxylic acids is 2. The van der Waals surface area contributed by atoms with Crippen molar-refractivity contribution in [2.45, 2.75) is 0 Å². The molecular formula is C13H9Cl2N3O2S. The summed E-state index contributed by atoms with van der Waals surface area (Å²) in [6, 6.07) is 8.39. The molecule has 0 saturated carbocycles. The van der Waals surface area contributed by atoms with Gasteiger partial charge in [-0.25, -0.2) is 5.43 Å². The number of benzene rings is 1. The Morgan fingerprint density at radius 1 is 1.14 bits per heavy atom. The van der Waals surface area contributed by atoms with Crippen molar-refractivity contribution in [2.24, 2.45) is 5.10 Å². The number of hydrogen-bond acceptors (Lipinski definition) is 4. The highest BCUT2D eigenvalue weighted by Crippen LogP contribution is 2.29. The summed E-state index contributed by atoms with van der Waals surface area (Å²) in [7, 11) is 0. The fourth-order valence-electron chi connectivity index (χ4n) is 1.35. The monoisotopic (exact) mass is 341 g/mol. The maximum atomic E-state index is 11.7. The quantitative estimate of drug-likeness (QED) is 0.511. The molecular weight excluding hydrogens is 333 g/mol. The second-order valence-corrected chi connectivity index (χ2v) is 5.53. The van der Waals surface area contributed by atoms with Gasteiger partial charge in [-0.3, -0.25) is 9.59 Å². The number of thiophene rings is 1. The molecule has 108 valence electrons. The molecule has 2 amide bonds. The third-order valence-corrected chi connectivity index (χ3v) is 3.93. The van der Waals surface area contributed by atoms with Gasteiger partial charge in [0.1, 0.15) is 0 Å². The molecule has 0 unspecified atom stereocenters. The maximum Gasteiger partial charge on any atom is 0.329 e. The summed E-state index contributed by atoms with van der Waals surface area (Å²) in [4.78, 5) is 24.1. The standard InChI is InChI=1S/C13H9Cl2N3O2S/c14-9-4-1-5-10(11(9)15)17-12(19)13(20)18-16-7-8-3-2-6-21-8/h1-7H,(H,17,19)(H,18,20). The first kappa shape index (κ1) is 15.5. The van der Waals surface area contributed by atoms with Crippen LogP contribution in [0.4, 0.5) is 5.69 Å². The van der Waals surface area contributed by atoms with Crippen LogP contribution in [0.1, 0.15) is 4.88 Å². The summed E-state index contributed by atoms with van der Waals surface area (Å²) in [5.74, 6) is -1.79. The molecule has 1 aromatic heterocycles. The molecule has 0 bridgehead atoms. The van der Waals surface area contributed by atoms with Crippen LogP contribution < -0.4 is 10.7 Å². The molecule has 2 N–H and O–H groups in total. The van der Waals surface area contributed by atoms with E-state index in [9.17, 15) is 9.59 Å². The fraction of sp³-hybridized carbons (Fsp3) is 0. The number of hydrogen-bond donors (Lipinski definition) is 2. The predicted molar refractivity (Wildman–Crippen MR) is 85.1 cm³/mol. The van der Waals surface area contributed by atoms with Crippen LogP contribution in [0.15, 0.2) is 40.8 Å². The second-order valence-electron chi connectivity index (χ2n) is 3.77. The van der Waals surface area contributed by atoms with Crippen molar-refractivity contribution in [3.05, 3.63) is 50.6 Å². The number of anilines is 1. The van der Waals surface area contributed by atoms with E-state index in [1.165, 1.54) is 23.6 Å². The second kappa shape index (κ2) is 7.21. The van der Waals surface area contributed by atoms with Gasteiger partial charge in [0, 0.05) is 4.88 Å². The summed E-state index contributed by atoms with van der Waals surface area (Å²) in [6.45, 7) is 0. The van der Waals surface area contributed by atoms with Crippen molar-refractivity contribution in [1.29, 1.82) is 0 Å². The Kier molecular flexibility index (Phi) is 5.32. The lowest BCUT2D eigenvalue weighted by atomic mass is 10.3. The van der Waals surface area contributed by atoms with Crippen molar-refractivity contribution < 1.29 is 9.59 Å². The molecule has 2 aromatic rings. The minimum atomic E-state index is -0.904. The zero-order valence-corrected chi connectivity index (χ0v) is 12.8. The van der Waals surface area contributed by atoms with Gasteiger partial charge in [0.2, 0.25) is 0 Å². The molecule has 21 heavy (non-hydrogen) atoms. The molecule has 0 aliphatic rings. The van der Waals surface area contributed by atoms with Crippen molar-refractivity contribution in [1.82, 2.24) is 5.43 Å². The Morgan fingerprint density at radius 2 is 1.95 bits per heavy atom. The molecule has 0 saturated heterocycles. The number of nitrogens with one attached hydrogen (secondary N) is 2. The number of carbonyl (C=O) groups is 2. The van der Waals surface area contributed by atoms with Crippen LogP contribution in [0.3, 0.4) is 0 Å². The first-order chi connectivity index (χ1) is 10.1. The summed E-state index contributed by atoms with van der Waals surface area (Å²) < 4.78 is 0. The van der Waals surface area contributed by atoms with Crippen molar-refractivity contribution in [3.63, 3.8) is 0 Å². The topological polar surface area (TPSA) is 70.6 Å². The van der Waals surface area contributed by atoms with Gasteiger partial charge < -0.3 is 5.32 Å². The van der Waals surface area contributed by atoms with E-state index in [1.807, 2.05) is 17.5 Å². The smallest absolute Gasteiger partial charge is 0.316 e. The van der Waals surface area contributed by atoms with Crippen molar-refractivity contribution >= 4 is 58.3 Å². The highest BCUT2D eigenvalue weighted by Gasteiger charge is 2.15. The fourth-order valence-corrected chi connectivity index (χ4v) is 2.28. The van der Waals surface area contributed by atoms with E-state index in [4.69, 9.17) is 23.2 Å². The lowest BCUT2D eigenvalue weighted by Gasteiger charge is -2.06. The number of halogens is 2. The summed E-state index contributed by atoms with van der Waals surface area (Å²) in [5, 5.41) is 8.36. The normalized spacial score (nSPS) is 10.6. The van der Waals surface area contributed by atoms with Crippen molar-refractivity contribution in [2.75, 3.05) is 5.32 Å². The first-order valence-electron chi connectivity index (χ1n) is 5.70. The number of hydrazone groups is 1. The molecule has 0 radical (unpaired) electrons. The lowest BCUT2D eigenvalue weighted by molar-refractivity contribution is -0.136. The van der Waals surface area contributed by atoms with E-state index in [2.05, 4.69) is 15.8 Å². The van der Waals surface area contributed by atoms with Gasteiger partial charge in [0.25, 0.3) is 0 Å². The Balaban J connectivity index is 1.94. The lowest BCUT2D eigenvalue weighted by Crippen LogP contribution is -2.32. The van der Waals surface area contributed by atoms with Gasteiger partial charge >= 0.3 is 11.8 Å². The van der Waals surface area contributed by atoms with Crippen LogP contribution in [0.25, 0.3) is 0 Å². The largest absolute Gasteiger partial charge is 0.329 e. The van der Waals surface area contributed by atoms with Gasteiger partial charge in [0.05, 0.1) is 21.9 Å².